The van der Waals surface area contributed by atoms with E-state index in [4.69, 9.17) is 23.2 Å². The lowest BCUT2D eigenvalue weighted by Gasteiger charge is -2.34. The maximum atomic E-state index is 11.0. The van der Waals surface area contributed by atoms with Crippen LogP contribution < -0.4 is 0 Å². The number of hydrogen-bond donors (Lipinski definition) is 2. The molecule has 0 fully saturated rings. The van der Waals surface area contributed by atoms with Crippen molar-refractivity contribution in [3.8, 4) is 0 Å². The van der Waals surface area contributed by atoms with Crippen molar-refractivity contribution in [2.75, 3.05) is 6.61 Å². The van der Waals surface area contributed by atoms with Gasteiger partial charge in [-0.3, -0.25) is 0 Å². The highest BCUT2D eigenvalue weighted by molar-refractivity contribution is 6.35. The normalized spacial score (nSPS) is 15.8. The molecule has 0 saturated heterocycles. The van der Waals surface area contributed by atoms with E-state index in [1.54, 1.807) is 25.1 Å². The quantitative estimate of drug-likeness (QED) is 0.886. The lowest BCUT2D eigenvalue weighted by atomic mass is 9.82. The molecule has 1 aromatic carbocycles. The monoisotopic (exact) mass is 315 g/mol. The van der Waals surface area contributed by atoms with Gasteiger partial charge in [0.15, 0.2) is 0 Å². The summed E-state index contributed by atoms with van der Waals surface area (Å²) in [7, 11) is 0. The largest absolute Gasteiger partial charge is 0.396 e. The van der Waals surface area contributed by atoms with Crippen LogP contribution in [0.5, 0.6) is 0 Å². The Morgan fingerprint density at radius 2 is 2.15 bits per heavy atom. The van der Waals surface area contributed by atoms with Crippen LogP contribution in [0.25, 0.3) is 0 Å². The molecule has 2 unspecified atom stereocenters. The van der Waals surface area contributed by atoms with Crippen LogP contribution in [0, 0.1) is 5.92 Å². The van der Waals surface area contributed by atoms with Gasteiger partial charge in [0, 0.05) is 28.1 Å². The Balaban J connectivity index is 2.45. The maximum Gasteiger partial charge on any atom is 0.137 e. The molecule has 0 radical (unpaired) electrons. The number of benzene rings is 1. The summed E-state index contributed by atoms with van der Waals surface area (Å²) < 4.78 is 1.50. The lowest BCUT2D eigenvalue weighted by Crippen LogP contribution is -2.40. The van der Waals surface area contributed by atoms with Crippen molar-refractivity contribution in [1.82, 2.24) is 14.8 Å². The summed E-state index contributed by atoms with van der Waals surface area (Å²) in [5.74, 6) is -0.439. The summed E-state index contributed by atoms with van der Waals surface area (Å²) in [6.07, 6.45) is 2.88. The van der Waals surface area contributed by atoms with Crippen LogP contribution in [0.4, 0.5) is 0 Å². The minimum absolute atomic E-state index is 0.135. The number of rotatable bonds is 5. The number of aliphatic hydroxyl groups excluding tert-OH is 1. The number of halogens is 2. The standard InChI is InChI=1S/C13H15Cl2N3O2/c1-9(5-19)13(20,6-18-8-16-7-17-18)11-3-2-10(14)4-12(11)15/h2-4,7-9,19-20H,5-6H2,1H3. The van der Waals surface area contributed by atoms with Crippen molar-refractivity contribution in [3.63, 3.8) is 0 Å². The third kappa shape index (κ3) is 2.96. The van der Waals surface area contributed by atoms with Gasteiger partial charge in [-0.2, -0.15) is 5.10 Å². The van der Waals surface area contributed by atoms with Gasteiger partial charge in [-0.25, -0.2) is 9.67 Å². The molecular weight excluding hydrogens is 301 g/mol. The SMILES string of the molecule is CC(CO)C(O)(Cn1cncn1)c1ccc(Cl)cc1Cl. The van der Waals surface area contributed by atoms with Crippen molar-refractivity contribution in [1.29, 1.82) is 0 Å². The molecular formula is C13H15Cl2N3O2. The third-order valence-corrected chi connectivity index (χ3v) is 3.90. The van der Waals surface area contributed by atoms with E-state index in [1.165, 1.54) is 17.3 Å². The van der Waals surface area contributed by atoms with Gasteiger partial charge in [0.25, 0.3) is 0 Å². The van der Waals surface area contributed by atoms with E-state index in [2.05, 4.69) is 10.1 Å². The van der Waals surface area contributed by atoms with Crippen LogP contribution in [-0.4, -0.2) is 31.6 Å². The smallest absolute Gasteiger partial charge is 0.137 e. The van der Waals surface area contributed by atoms with Crippen molar-refractivity contribution in [2.24, 2.45) is 5.92 Å². The minimum atomic E-state index is -1.37. The van der Waals surface area contributed by atoms with Gasteiger partial charge in [-0.15, -0.1) is 0 Å². The molecule has 2 rings (SSSR count). The Kier molecular flexibility index (Phi) is 4.65. The zero-order valence-corrected chi connectivity index (χ0v) is 12.4. The van der Waals surface area contributed by atoms with Gasteiger partial charge in [0.2, 0.25) is 0 Å². The number of aromatic nitrogens is 3. The number of hydrogen-bond acceptors (Lipinski definition) is 4. The molecule has 0 bridgehead atoms. The fourth-order valence-corrected chi connectivity index (χ4v) is 2.63. The summed E-state index contributed by atoms with van der Waals surface area (Å²) in [6, 6.07) is 4.88. The van der Waals surface area contributed by atoms with Crippen molar-refractivity contribution in [2.45, 2.75) is 19.1 Å². The van der Waals surface area contributed by atoms with Gasteiger partial charge in [-0.05, 0) is 12.1 Å². The third-order valence-electron chi connectivity index (χ3n) is 3.36. The highest BCUT2D eigenvalue weighted by Crippen LogP contribution is 2.36. The van der Waals surface area contributed by atoms with Gasteiger partial charge in [-0.1, -0.05) is 36.2 Å². The molecule has 1 heterocycles. The molecule has 1 aromatic heterocycles. The van der Waals surface area contributed by atoms with E-state index in [1.807, 2.05) is 0 Å². The molecule has 0 aliphatic rings. The molecule has 108 valence electrons. The molecule has 20 heavy (non-hydrogen) atoms. The molecule has 7 heteroatoms. The van der Waals surface area contributed by atoms with Gasteiger partial charge >= 0.3 is 0 Å². The van der Waals surface area contributed by atoms with E-state index >= 15 is 0 Å². The van der Waals surface area contributed by atoms with Gasteiger partial charge in [0.05, 0.1) is 6.54 Å². The molecule has 0 aliphatic heterocycles. The first-order valence-electron chi connectivity index (χ1n) is 6.08. The molecule has 0 amide bonds. The number of nitrogens with zero attached hydrogens (tertiary/aromatic N) is 3. The van der Waals surface area contributed by atoms with Crippen LogP contribution in [0.1, 0.15) is 12.5 Å². The second kappa shape index (κ2) is 6.10. The Bertz CT molecular complexity index is 577. The second-order valence-corrected chi connectivity index (χ2v) is 5.57. The van der Waals surface area contributed by atoms with Crippen LogP contribution >= 0.6 is 23.2 Å². The topological polar surface area (TPSA) is 71.2 Å². The van der Waals surface area contributed by atoms with E-state index < -0.39 is 11.5 Å². The Labute approximate surface area is 126 Å². The Hall–Kier alpha value is -1.14. The fraction of sp³-hybridized carbons (Fsp3) is 0.385. The zero-order valence-electron chi connectivity index (χ0n) is 10.9. The van der Waals surface area contributed by atoms with Gasteiger partial charge < -0.3 is 10.2 Å². The minimum Gasteiger partial charge on any atom is -0.396 e. The summed E-state index contributed by atoms with van der Waals surface area (Å²) in [4.78, 5) is 3.85. The first-order chi connectivity index (χ1) is 9.47. The highest BCUT2D eigenvalue weighted by Gasteiger charge is 2.38. The first-order valence-corrected chi connectivity index (χ1v) is 6.84. The second-order valence-electron chi connectivity index (χ2n) is 4.73. The highest BCUT2D eigenvalue weighted by atomic mass is 35.5. The van der Waals surface area contributed by atoms with E-state index in [9.17, 15) is 10.2 Å². The molecule has 0 spiro atoms. The molecule has 2 atom stereocenters. The molecule has 0 saturated carbocycles. The van der Waals surface area contributed by atoms with Crippen LogP contribution in [0.15, 0.2) is 30.9 Å². The molecule has 2 aromatic rings. The fourth-order valence-electron chi connectivity index (χ4n) is 2.06. The van der Waals surface area contributed by atoms with E-state index in [0.717, 1.165) is 0 Å². The van der Waals surface area contributed by atoms with Crippen molar-refractivity contribution >= 4 is 23.2 Å². The molecule has 5 nitrogen and oxygen atoms in total. The van der Waals surface area contributed by atoms with Crippen molar-refractivity contribution < 1.29 is 10.2 Å². The predicted octanol–water partition coefficient (Wildman–Crippen LogP) is 2.10. The molecule has 2 N–H and O–H groups in total. The van der Waals surface area contributed by atoms with Gasteiger partial charge in [0.1, 0.15) is 18.3 Å². The average molecular weight is 316 g/mol. The van der Waals surface area contributed by atoms with E-state index in [0.29, 0.717) is 15.6 Å². The Morgan fingerprint density at radius 3 is 2.70 bits per heavy atom. The summed E-state index contributed by atoms with van der Waals surface area (Å²) in [5.41, 5.74) is -0.870. The Morgan fingerprint density at radius 1 is 1.40 bits per heavy atom. The number of aliphatic hydroxyl groups is 2. The first kappa shape index (κ1) is 15.3. The summed E-state index contributed by atoms with van der Waals surface area (Å²) in [5, 5.41) is 25.3. The summed E-state index contributed by atoms with van der Waals surface area (Å²) >= 11 is 12.1. The predicted molar refractivity (Wildman–Crippen MR) is 76.6 cm³/mol. The maximum absolute atomic E-state index is 11.0. The average Bonchev–Trinajstić information content (AvgIpc) is 2.90. The molecule has 0 aliphatic carbocycles. The van der Waals surface area contributed by atoms with E-state index in [-0.39, 0.29) is 13.2 Å². The zero-order chi connectivity index (χ0) is 14.8. The van der Waals surface area contributed by atoms with Crippen LogP contribution in [0.3, 0.4) is 0 Å². The van der Waals surface area contributed by atoms with Crippen molar-refractivity contribution in [3.05, 3.63) is 46.5 Å². The summed E-state index contributed by atoms with van der Waals surface area (Å²) in [6.45, 7) is 1.68. The van der Waals surface area contributed by atoms with Crippen LogP contribution in [-0.2, 0) is 12.1 Å². The lowest BCUT2D eigenvalue weighted by molar-refractivity contribution is -0.0539. The van der Waals surface area contributed by atoms with Crippen LogP contribution in [0.2, 0.25) is 10.0 Å².